The molecule has 0 aliphatic rings. The van der Waals surface area contributed by atoms with Gasteiger partial charge in [0, 0.05) is 0 Å². The number of hydrogen-bond donors (Lipinski definition) is 2. The molecule has 7 heteroatoms. The van der Waals surface area contributed by atoms with E-state index in [0.717, 1.165) is 0 Å². The third-order valence-corrected chi connectivity index (χ3v) is 2.44. The van der Waals surface area contributed by atoms with Crippen LogP contribution in [0.1, 0.15) is 27.2 Å². The average Bonchev–Trinajstić information content (AvgIpc) is 2.34. The predicted octanol–water partition coefficient (Wildman–Crippen LogP) is 0.984. The van der Waals surface area contributed by atoms with Gasteiger partial charge in [0.25, 0.3) is 0 Å². The fraction of sp³-hybridized carbons (Fsp3) is 0.615. The molecule has 2 amide bonds. The van der Waals surface area contributed by atoms with Crippen molar-refractivity contribution in [2.24, 2.45) is 11.7 Å². The Hall–Kier alpha value is -1.89. The number of amides is 2. The number of nitrogens with zero attached hydrogens (tertiary/aromatic N) is 1. The van der Waals surface area contributed by atoms with Crippen LogP contribution in [0.4, 0.5) is 4.79 Å². The number of carboxylic acids is 1. The van der Waals surface area contributed by atoms with Crippen LogP contribution in [0, 0.1) is 5.92 Å². The highest BCUT2D eigenvalue weighted by Crippen LogP contribution is 2.15. The summed E-state index contributed by atoms with van der Waals surface area (Å²) in [6, 6.07) is -2.30. The van der Waals surface area contributed by atoms with Crippen LogP contribution < -0.4 is 5.73 Å². The molecule has 20 heavy (non-hydrogen) atoms. The Morgan fingerprint density at radius 3 is 2.25 bits per heavy atom. The molecule has 0 fully saturated rings. The minimum absolute atomic E-state index is 0.0216. The van der Waals surface area contributed by atoms with E-state index in [1.54, 1.807) is 13.8 Å². The van der Waals surface area contributed by atoms with Crippen molar-refractivity contribution in [2.45, 2.75) is 39.3 Å². The standard InChI is InChI=1S/C13H22N2O5/c1-5-6-20-13(19)15(11(16)9(4)14)10(12(17)18)7-8(2)3/h5,8-10H,1,6-7,14H2,2-4H3,(H,17,18)/t9-,10+/m0/s1. The summed E-state index contributed by atoms with van der Waals surface area (Å²) in [7, 11) is 0. The summed E-state index contributed by atoms with van der Waals surface area (Å²) in [5.41, 5.74) is 5.46. The largest absolute Gasteiger partial charge is 0.480 e. The number of imide groups is 1. The molecule has 0 aliphatic heterocycles. The van der Waals surface area contributed by atoms with Crippen molar-refractivity contribution in [2.75, 3.05) is 6.61 Å². The topological polar surface area (TPSA) is 110 Å². The lowest BCUT2D eigenvalue weighted by Crippen LogP contribution is -2.54. The van der Waals surface area contributed by atoms with Gasteiger partial charge in [0.1, 0.15) is 12.6 Å². The van der Waals surface area contributed by atoms with Crippen LogP contribution in [0.15, 0.2) is 12.7 Å². The van der Waals surface area contributed by atoms with Gasteiger partial charge in [-0.2, -0.15) is 0 Å². The molecule has 0 aromatic carbocycles. The molecule has 0 bridgehead atoms. The molecule has 0 spiro atoms. The molecule has 0 saturated carbocycles. The van der Waals surface area contributed by atoms with Gasteiger partial charge in [-0.05, 0) is 19.3 Å². The van der Waals surface area contributed by atoms with Gasteiger partial charge >= 0.3 is 12.1 Å². The van der Waals surface area contributed by atoms with Gasteiger partial charge in [-0.3, -0.25) is 4.79 Å². The Morgan fingerprint density at radius 1 is 1.35 bits per heavy atom. The number of carbonyl (C=O) groups excluding carboxylic acids is 2. The van der Waals surface area contributed by atoms with Crippen LogP contribution >= 0.6 is 0 Å². The Morgan fingerprint density at radius 2 is 1.90 bits per heavy atom. The smallest absolute Gasteiger partial charge is 0.417 e. The van der Waals surface area contributed by atoms with Crippen LogP contribution in [-0.2, 0) is 14.3 Å². The Balaban J connectivity index is 5.34. The van der Waals surface area contributed by atoms with E-state index >= 15 is 0 Å². The number of hydrogen-bond acceptors (Lipinski definition) is 5. The van der Waals surface area contributed by atoms with E-state index in [2.05, 4.69) is 6.58 Å². The zero-order chi connectivity index (χ0) is 15.9. The fourth-order valence-electron chi connectivity index (χ4n) is 1.55. The molecule has 0 saturated heterocycles. The fourth-order valence-corrected chi connectivity index (χ4v) is 1.55. The summed E-state index contributed by atoms with van der Waals surface area (Å²) in [5, 5.41) is 9.23. The lowest BCUT2D eigenvalue weighted by Gasteiger charge is -2.28. The van der Waals surface area contributed by atoms with E-state index in [-0.39, 0.29) is 18.9 Å². The van der Waals surface area contributed by atoms with Gasteiger partial charge in [-0.15, -0.1) is 0 Å². The second kappa shape index (κ2) is 8.31. The molecule has 7 nitrogen and oxygen atoms in total. The number of ether oxygens (including phenoxy) is 1. The monoisotopic (exact) mass is 286 g/mol. The Bertz CT molecular complexity index is 379. The number of aliphatic carboxylic acids is 1. The maximum absolute atomic E-state index is 12.0. The van der Waals surface area contributed by atoms with Crippen molar-refractivity contribution in [3.63, 3.8) is 0 Å². The molecule has 0 unspecified atom stereocenters. The zero-order valence-electron chi connectivity index (χ0n) is 12.0. The first-order valence-corrected chi connectivity index (χ1v) is 6.31. The quantitative estimate of drug-likeness (QED) is 0.675. The first-order valence-electron chi connectivity index (χ1n) is 6.31. The summed E-state index contributed by atoms with van der Waals surface area (Å²) in [6.45, 7) is 8.22. The third kappa shape index (κ3) is 5.40. The molecule has 0 aliphatic carbocycles. The van der Waals surface area contributed by atoms with E-state index in [1.165, 1.54) is 13.0 Å². The predicted molar refractivity (Wildman–Crippen MR) is 72.9 cm³/mol. The van der Waals surface area contributed by atoms with E-state index in [0.29, 0.717) is 4.90 Å². The highest BCUT2D eigenvalue weighted by atomic mass is 16.6. The van der Waals surface area contributed by atoms with Gasteiger partial charge in [0.2, 0.25) is 5.91 Å². The average molecular weight is 286 g/mol. The van der Waals surface area contributed by atoms with Gasteiger partial charge in [0.15, 0.2) is 0 Å². The number of rotatable bonds is 7. The van der Waals surface area contributed by atoms with E-state index in [9.17, 15) is 19.5 Å². The first-order chi connectivity index (χ1) is 9.22. The third-order valence-electron chi connectivity index (χ3n) is 2.44. The van der Waals surface area contributed by atoms with E-state index < -0.39 is 30.1 Å². The number of carbonyl (C=O) groups is 3. The minimum atomic E-state index is -1.30. The van der Waals surface area contributed by atoms with Crippen molar-refractivity contribution in [1.29, 1.82) is 0 Å². The SMILES string of the molecule is C=CCOC(=O)N(C(=O)[C@H](C)N)[C@H](CC(C)C)C(=O)O. The van der Waals surface area contributed by atoms with Crippen molar-refractivity contribution in [1.82, 2.24) is 4.90 Å². The maximum atomic E-state index is 12.0. The highest BCUT2D eigenvalue weighted by molar-refractivity contribution is 5.98. The molecule has 0 aromatic heterocycles. The van der Waals surface area contributed by atoms with Crippen molar-refractivity contribution >= 4 is 18.0 Å². The summed E-state index contributed by atoms with van der Waals surface area (Å²) >= 11 is 0. The molecule has 0 aromatic rings. The maximum Gasteiger partial charge on any atom is 0.417 e. The normalized spacial score (nSPS) is 13.4. The molecule has 114 valence electrons. The lowest BCUT2D eigenvalue weighted by molar-refractivity contribution is -0.149. The molecule has 0 radical (unpaired) electrons. The van der Waals surface area contributed by atoms with Crippen molar-refractivity contribution in [3.8, 4) is 0 Å². The van der Waals surface area contributed by atoms with Crippen LogP contribution in [0.25, 0.3) is 0 Å². The first kappa shape index (κ1) is 18.1. The van der Waals surface area contributed by atoms with Gasteiger partial charge < -0.3 is 15.6 Å². The molecule has 3 N–H and O–H groups in total. The van der Waals surface area contributed by atoms with Crippen molar-refractivity contribution in [3.05, 3.63) is 12.7 Å². The second-order valence-electron chi connectivity index (χ2n) is 4.85. The van der Waals surface area contributed by atoms with Crippen LogP contribution in [0.3, 0.4) is 0 Å². The second-order valence-corrected chi connectivity index (χ2v) is 4.85. The van der Waals surface area contributed by atoms with E-state index in [4.69, 9.17) is 10.5 Å². The highest BCUT2D eigenvalue weighted by Gasteiger charge is 2.37. The van der Waals surface area contributed by atoms with Gasteiger partial charge in [-0.25, -0.2) is 14.5 Å². The summed E-state index contributed by atoms with van der Waals surface area (Å²) in [6.07, 6.45) is 0.419. The molecular weight excluding hydrogens is 264 g/mol. The molecule has 0 rings (SSSR count). The number of nitrogens with two attached hydrogens (primary N) is 1. The number of carboxylic acid groups (broad SMARTS) is 1. The summed E-state index contributed by atoms with van der Waals surface area (Å²) in [5.74, 6) is -2.08. The summed E-state index contributed by atoms with van der Waals surface area (Å²) < 4.78 is 4.77. The Labute approximate surface area is 118 Å². The molecular formula is C13H22N2O5. The van der Waals surface area contributed by atoms with E-state index in [1.807, 2.05) is 0 Å². The van der Waals surface area contributed by atoms with Crippen LogP contribution in [-0.4, -0.2) is 46.7 Å². The van der Waals surface area contributed by atoms with Gasteiger partial charge in [0.05, 0.1) is 6.04 Å². The molecule has 0 heterocycles. The van der Waals surface area contributed by atoms with Crippen molar-refractivity contribution < 1.29 is 24.2 Å². The lowest BCUT2D eigenvalue weighted by atomic mass is 10.0. The minimum Gasteiger partial charge on any atom is -0.480 e. The molecule has 2 atom stereocenters. The van der Waals surface area contributed by atoms with Gasteiger partial charge in [-0.1, -0.05) is 26.5 Å². The Kier molecular flexibility index (Phi) is 7.53. The zero-order valence-corrected chi connectivity index (χ0v) is 12.0. The summed E-state index contributed by atoms with van der Waals surface area (Å²) in [4.78, 5) is 35.8. The van der Waals surface area contributed by atoms with Crippen LogP contribution in [0.2, 0.25) is 0 Å². The van der Waals surface area contributed by atoms with Crippen LogP contribution in [0.5, 0.6) is 0 Å².